The van der Waals surface area contributed by atoms with Gasteiger partial charge in [-0.1, -0.05) is 36.4 Å². The number of allylic oxidation sites excluding steroid dienone is 2. The monoisotopic (exact) mass is 502 g/mol. The van der Waals surface area contributed by atoms with Crippen molar-refractivity contribution in [3.8, 4) is 6.07 Å². The van der Waals surface area contributed by atoms with Crippen molar-refractivity contribution < 1.29 is 19.0 Å². The molecule has 10 heteroatoms. The molecule has 1 amide bonds. The SMILES string of the molecule is Cc1cnc2c(C3=CC=C(C#N)C(F)(OCc4ccccc4)C3)cnc(N3CCC(NC(=O)O)CC3)n12. The summed E-state index contributed by atoms with van der Waals surface area (Å²) in [6.45, 7) is 3.24. The van der Waals surface area contributed by atoms with Crippen molar-refractivity contribution >= 4 is 23.3 Å². The van der Waals surface area contributed by atoms with Gasteiger partial charge in [-0.05, 0) is 37.0 Å². The summed E-state index contributed by atoms with van der Waals surface area (Å²) in [7, 11) is 0. The Hall–Kier alpha value is -4.23. The third kappa shape index (κ3) is 4.90. The molecule has 1 saturated heterocycles. The van der Waals surface area contributed by atoms with E-state index in [1.165, 1.54) is 6.08 Å². The Labute approximate surface area is 213 Å². The van der Waals surface area contributed by atoms with Gasteiger partial charge in [-0.3, -0.25) is 4.40 Å². The highest BCUT2D eigenvalue weighted by molar-refractivity contribution is 5.80. The number of carbonyl (C=O) groups is 1. The Morgan fingerprint density at radius 2 is 2.00 bits per heavy atom. The van der Waals surface area contributed by atoms with Gasteiger partial charge in [0, 0.05) is 49.2 Å². The van der Waals surface area contributed by atoms with E-state index in [9.17, 15) is 10.1 Å². The lowest BCUT2D eigenvalue weighted by atomic mass is 9.90. The first-order valence-corrected chi connectivity index (χ1v) is 12.1. The number of piperidine rings is 1. The van der Waals surface area contributed by atoms with Gasteiger partial charge in [0.15, 0.2) is 0 Å². The van der Waals surface area contributed by atoms with E-state index in [0.717, 1.165) is 11.3 Å². The molecule has 1 aliphatic carbocycles. The molecule has 1 atom stereocenters. The van der Waals surface area contributed by atoms with Crippen LogP contribution in [0.15, 0.2) is 60.5 Å². The van der Waals surface area contributed by atoms with Gasteiger partial charge in [-0.25, -0.2) is 19.2 Å². The van der Waals surface area contributed by atoms with E-state index in [1.807, 2.05) is 47.7 Å². The summed E-state index contributed by atoms with van der Waals surface area (Å²) in [5.41, 5.74) is 3.55. The number of aryl methyl sites for hydroxylation is 1. The molecule has 2 aromatic heterocycles. The normalized spacial score (nSPS) is 20.3. The fourth-order valence-corrected chi connectivity index (χ4v) is 4.88. The van der Waals surface area contributed by atoms with Crippen LogP contribution in [0.3, 0.4) is 0 Å². The second kappa shape index (κ2) is 10.0. The molecule has 1 aromatic carbocycles. The number of benzene rings is 1. The number of rotatable bonds is 6. The molecular formula is C27H27FN6O3. The minimum absolute atomic E-state index is 0.0331. The molecule has 3 heterocycles. The van der Waals surface area contributed by atoms with Crippen molar-refractivity contribution in [3.63, 3.8) is 0 Å². The Bertz CT molecular complexity index is 1420. The number of ether oxygens (including phenoxy) is 1. The number of hydrogen-bond donors (Lipinski definition) is 2. The largest absolute Gasteiger partial charge is 0.465 e. The standard InChI is InChI=1S/C27H27FN6O3/c1-18-15-30-24-23(16-31-25(34(18)24)33-11-9-22(10-12-33)32-26(35)36)20-7-8-21(14-29)27(28,13-20)37-17-19-5-3-2-4-6-19/h2-8,15-16,22,32H,9-13,17H2,1H3,(H,35,36). The second-order valence-corrected chi connectivity index (χ2v) is 9.30. The van der Waals surface area contributed by atoms with E-state index in [2.05, 4.69) is 15.2 Å². The average Bonchev–Trinajstić information content (AvgIpc) is 3.29. The lowest BCUT2D eigenvalue weighted by Crippen LogP contribution is -2.45. The topological polar surface area (TPSA) is 116 Å². The average molecular weight is 503 g/mol. The number of halogens is 1. The maximum Gasteiger partial charge on any atom is 0.404 e. The number of nitrogens with zero attached hydrogens (tertiary/aromatic N) is 5. The molecule has 1 aliphatic heterocycles. The van der Waals surface area contributed by atoms with Crippen LogP contribution >= 0.6 is 0 Å². The summed E-state index contributed by atoms with van der Waals surface area (Å²) in [5.74, 6) is -1.57. The third-order valence-electron chi connectivity index (χ3n) is 6.84. The number of carboxylic acid groups (broad SMARTS) is 1. The Morgan fingerprint density at radius 1 is 1.24 bits per heavy atom. The number of amides is 1. The smallest absolute Gasteiger partial charge is 0.404 e. The van der Waals surface area contributed by atoms with E-state index in [4.69, 9.17) is 14.8 Å². The molecule has 0 bridgehead atoms. The van der Waals surface area contributed by atoms with Crippen LogP contribution in [0.1, 0.15) is 36.1 Å². The van der Waals surface area contributed by atoms with E-state index < -0.39 is 11.9 Å². The molecule has 9 nitrogen and oxygen atoms in total. The van der Waals surface area contributed by atoms with Crippen molar-refractivity contribution in [1.29, 1.82) is 5.26 Å². The van der Waals surface area contributed by atoms with Crippen LogP contribution < -0.4 is 10.2 Å². The summed E-state index contributed by atoms with van der Waals surface area (Å²) < 4.78 is 23.7. The predicted molar refractivity (Wildman–Crippen MR) is 135 cm³/mol. The summed E-state index contributed by atoms with van der Waals surface area (Å²) in [6, 6.07) is 11.1. The predicted octanol–water partition coefficient (Wildman–Crippen LogP) is 4.39. The summed E-state index contributed by atoms with van der Waals surface area (Å²) in [6.07, 6.45) is 6.80. The van der Waals surface area contributed by atoms with Gasteiger partial charge >= 0.3 is 6.09 Å². The van der Waals surface area contributed by atoms with E-state index >= 15 is 4.39 Å². The molecule has 190 valence electrons. The maximum absolute atomic E-state index is 16.1. The van der Waals surface area contributed by atoms with Crippen LogP contribution in [0.25, 0.3) is 11.2 Å². The molecule has 5 rings (SSSR count). The zero-order chi connectivity index (χ0) is 26.0. The number of alkyl halides is 1. The number of nitrogens with one attached hydrogen (secondary N) is 1. The van der Waals surface area contributed by atoms with E-state index in [1.54, 1.807) is 18.5 Å². The fourth-order valence-electron chi connectivity index (χ4n) is 4.88. The first kappa shape index (κ1) is 24.5. The van der Waals surface area contributed by atoms with Crippen molar-refractivity contribution in [2.75, 3.05) is 18.0 Å². The maximum atomic E-state index is 16.1. The number of nitriles is 1. The number of fused-ring (bicyclic) bond motifs is 1. The van der Waals surface area contributed by atoms with Gasteiger partial charge in [0.05, 0.1) is 12.2 Å². The minimum atomic E-state index is -2.27. The number of anilines is 1. The molecule has 3 aromatic rings. The van der Waals surface area contributed by atoms with Crippen molar-refractivity contribution in [1.82, 2.24) is 19.7 Å². The number of imidazole rings is 1. The molecule has 0 saturated carbocycles. The summed E-state index contributed by atoms with van der Waals surface area (Å²) in [4.78, 5) is 22.4. The summed E-state index contributed by atoms with van der Waals surface area (Å²) in [5, 5.41) is 21.1. The van der Waals surface area contributed by atoms with Gasteiger partial charge < -0.3 is 20.1 Å². The van der Waals surface area contributed by atoms with Crippen LogP contribution in [0.5, 0.6) is 0 Å². The quantitative estimate of drug-likeness (QED) is 0.513. The van der Waals surface area contributed by atoms with Crippen LogP contribution in [-0.2, 0) is 11.3 Å². The first-order valence-electron chi connectivity index (χ1n) is 12.1. The van der Waals surface area contributed by atoms with Gasteiger partial charge in [0.1, 0.15) is 11.7 Å². The van der Waals surface area contributed by atoms with Crippen LogP contribution in [0.2, 0.25) is 0 Å². The van der Waals surface area contributed by atoms with Crippen molar-refractivity contribution in [3.05, 3.63) is 77.3 Å². The highest BCUT2D eigenvalue weighted by Crippen LogP contribution is 2.40. The number of hydrogen-bond acceptors (Lipinski definition) is 6. The van der Waals surface area contributed by atoms with Gasteiger partial charge in [0.25, 0.3) is 0 Å². The van der Waals surface area contributed by atoms with E-state index in [0.29, 0.717) is 48.7 Å². The van der Waals surface area contributed by atoms with Gasteiger partial charge in [0.2, 0.25) is 11.8 Å². The van der Waals surface area contributed by atoms with Gasteiger partial charge in [-0.15, -0.1) is 0 Å². The highest BCUT2D eigenvalue weighted by Gasteiger charge is 2.40. The van der Waals surface area contributed by atoms with E-state index in [-0.39, 0.29) is 24.6 Å². The van der Waals surface area contributed by atoms with Gasteiger partial charge in [-0.2, -0.15) is 5.26 Å². The summed E-state index contributed by atoms with van der Waals surface area (Å²) >= 11 is 0. The molecule has 0 radical (unpaired) electrons. The third-order valence-corrected chi connectivity index (χ3v) is 6.84. The molecule has 37 heavy (non-hydrogen) atoms. The lowest BCUT2D eigenvalue weighted by molar-refractivity contribution is -0.118. The highest BCUT2D eigenvalue weighted by atomic mass is 19.2. The molecule has 1 fully saturated rings. The molecule has 0 spiro atoms. The van der Waals surface area contributed by atoms with Crippen molar-refractivity contribution in [2.24, 2.45) is 0 Å². The van der Waals surface area contributed by atoms with Crippen molar-refractivity contribution in [2.45, 2.75) is 44.7 Å². The Kier molecular flexibility index (Phi) is 6.63. The Balaban J connectivity index is 1.42. The van der Waals surface area contributed by atoms with Crippen LogP contribution in [0.4, 0.5) is 15.1 Å². The molecule has 2 N–H and O–H groups in total. The second-order valence-electron chi connectivity index (χ2n) is 9.30. The molecule has 1 unspecified atom stereocenters. The molecular weight excluding hydrogens is 475 g/mol. The molecule has 2 aliphatic rings. The Morgan fingerprint density at radius 3 is 2.70 bits per heavy atom. The zero-order valence-electron chi connectivity index (χ0n) is 20.4. The zero-order valence-corrected chi connectivity index (χ0v) is 20.4. The lowest BCUT2D eigenvalue weighted by Gasteiger charge is -2.33. The number of aromatic nitrogens is 3. The minimum Gasteiger partial charge on any atom is -0.465 e. The first-order chi connectivity index (χ1) is 17.9. The fraction of sp³-hybridized carbons (Fsp3) is 0.333. The van der Waals surface area contributed by atoms with Crippen LogP contribution in [0, 0.1) is 18.3 Å². The van der Waals surface area contributed by atoms with Crippen LogP contribution in [-0.4, -0.2) is 50.6 Å².